The average Bonchev–Trinajstić information content (AvgIpc) is 2.29. The highest BCUT2D eigenvalue weighted by Crippen LogP contribution is 2.34. The van der Waals surface area contributed by atoms with Gasteiger partial charge in [-0.25, -0.2) is 0 Å². The summed E-state index contributed by atoms with van der Waals surface area (Å²) in [5.41, 5.74) is -0.0326. The molecule has 1 amide bonds. The molecule has 0 N–H and O–H groups in total. The molecule has 0 radical (unpaired) electrons. The third-order valence-corrected chi connectivity index (χ3v) is 3.50. The highest BCUT2D eigenvalue weighted by molar-refractivity contribution is 5.87. The first kappa shape index (κ1) is 10.7. The lowest BCUT2D eigenvalue weighted by Gasteiger charge is -2.44. The molecule has 1 heterocycles. The second-order valence-corrected chi connectivity index (χ2v) is 4.56. The van der Waals surface area contributed by atoms with Crippen LogP contribution in [0.25, 0.3) is 0 Å². The van der Waals surface area contributed by atoms with Gasteiger partial charge < -0.3 is 9.64 Å². The van der Waals surface area contributed by atoms with Crippen molar-refractivity contribution in [2.75, 3.05) is 19.7 Å². The fraction of sp³-hybridized carbons (Fsp3) is 0.750. The van der Waals surface area contributed by atoms with Crippen LogP contribution in [0.3, 0.4) is 0 Å². The molecule has 0 aromatic heterocycles. The summed E-state index contributed by atoms with van der Waals surface area (Å²) in [6.07, 6.45) is 7.39. The molecule has 3 heteroatoms. The minimum absolute atomic E-state index is 0.0326. The van der Waals surface area contributed by atoms with Gasteiger partial charge in [0.2, 0.25) is 5.91 Å². The smallest absolute Gasteiger partial charge is 0.246 e. The van der Waals surface area contributed by atoms with Crippen molar-refractivity contribution >= 4 is 5.91 Å². The molecule has 1 aliphatic heterocycles. The Morgan fingerprint density at radius 3 is 2.73 bits per heavy atom. The Bertz CT molecular complexity index is 251. The van der Waals surface area contributed by atoms with Gasteiger partial charge in [-0.1, -0.05) is 25.8 Å². The van der Waals surface area contributed by atoms with Crippen LogP contribution in [-0.4, -0.2) is 36.1 Å². The summed E-state index contributed by atoms with van der Waals surface area (Å²) in [7, 11) is 0. The van der Waals surface area contributed by atoms with E-state index in [-0.39, 0.29) is 11.5 Å². The Kier molecular flexibility index (Phi) is 3.10. The minimum atomic E-state index is -0.0326. The fourth-order valence-corrected chi connectivity index (χ4v) is 2.66. The van der Waals surface area contributed by atoms with Crippen LogP contribution in [0.2, 0.25) is 0 Å². The zero-order valence-corrected chi connectivity index (χ0v) is 9.21. The van der Waals surface area contributed by atoms with Gasteiger partial charge in [-0.3, -0.25) is 4.79 Å². The Morgan fingerprint density at radius 2 is 2.07 bits per heavy atom. The van der Waals surface area contributed by atoms with Gasteiger partial charge in [0.15, 0.2) is 0 Å². The largest absolute Gasteiger partial charge is 0.371 e. The van der Waals surface area contributed by atoms with E-state index in [0.29, 0.717) is 13.2 Å². The van der Waals surface area contributed by atoms with Crippen molar-refractivity contribution < 1.29 is 9.53 Å². The molecule has 0 aromatic carbocycles. The van der Waals surface area contributed by atoms with Crippen LogP contribution in [0, 0.1) is 0 Å². The quantitative estimate of drug-likeness (QED) is 0.616. The van der Waals surface area contributed by atoms with Gasteiger partial charge >= 0.3 is 0 Å². The third-order valence-electron chi connectivity index (χ3n) is 3.50. The summed E-state index contributed by atoms with van der Waals surface area (Å²) >= 11 is 0. The predicted molar refractivity (Wildman–Crippen MR) is 58.5 cm³/mol. The van der Waals surface area contributed by atoms with Gasteiger partial charge in [-0.05, 0) is 18.9 Å². The highest BCUT2D eigenvalue weighted by atomic mass is 16.5. The second kappa shape index (κ2) is 4.35. The summed E-state index contributed by atoms with van der Waals surface area (Å²) in [4.78, 5) is 13.4. The summed E-state index contributed by atoms with van der Waals surface area (Å²) < 4.78 is 5.90. The number of hydrogen-bond acceptors (Lipinski definition) is 2. The Hall–Kier alpha value is -0.830. The van der Waals surface area contributed by atoms with Crippen molar-refractivity contribution in [3.05, 3.63) is 12.7 Å². The Morgan fingerprint density at radius 1 is 1.33 bits per heavy atom. The van der Waals surface area contributed by atoms with Gasteiger partial charge in [0.05, 0.1) is 18.8 Å². The molecule has 2 aliphatic rings. The maximum atomic E-state index is 11.5. The highest BCUT2D eigenvalue weighted by Gasteiger charge is 2.38. The topological polar surface area (TPSA) is 29.5 Å². The number of hydrogen-bond donors (Lipinski definition) is 0. The molecule has 1 aliphatic carbocycles. The SMILES string of the molecule is C=CC(=O)N1CCOC2(CCCCC2)C1. The molecule has 1 saturated heterocycles. The summed E-state index contributed by atoms with van der Waals surface area (Å²) in [5.74, 6) is 0.0447. The molecular formula is C12H19NO2. The van der Waals surface area contributed by atoms with Crippen molar-refractivity contribution in [2.45, 2.75) is 37.7 Å². The number of carbonyl (C=O) groups is 1. The monoisotopic (exact) mass is 209 g/mol. The molecule has 2 fully saturated rings. The van der Waals surface area contributed by atoms with E-state index in [1.54, 1.807) is 0 Å². The van der Waals surface area contributed by atoms with Crippen molar-refractivity contribution in [1.82, 2.24) is 4.90 Å². The van der Waals surface area contributed by atoms with Gasteiger partial charge in [-0.2, -0.15) is 0 Å². The third kappa shape index (κ3) is 2.23. The zero-order chi connectivity index (χ0) is 10.7. The van der Waals surface area contributed by atoms with Crippen molar-refractivity contribution in [3.8, 4) is 0 Å². The summed E-state index contributed by atoms with van der Waals surface area (Å²) in [6, 6.07) is 0. The van der Waals surface area contributed by atoms with E-state index in [2.05, 4.69) is 6.58 Å². The van der Waals surface area contributed by atoms with Gasteiger partial charge in [-0.15, -0.1) is 0 Å². The standard InChI is InChI=1S/C12H19NO2/c1-2-11(14)13-8-9-15-12(10-13)6-4-3-5-7-12/h2H,1,3-10H2. The van der Waals surface area contributed by atoms with E-state index in [4.69, 9.17) is 4.74 Å². The first-order valence-corrected chi connectivity index (χ1v) is 5.81. The van der Waals surface area contributed by atoms with E-state index in [9.17, 15) is 4.79 Å². The van der Waals surface area contributed by atoms with Crippen LogP contribution in [0.5, 0.6) is 0 Å². The molecule has 0 atom stereocenters. The molecule has 0 bridgehead atoms. The van der Waals surface area contributed by atoms with Gasteiger partial charge in [0.1, 0.15) is 0 Å². The number of carbonyl (C=O) groups excluding carboxylic acids is 1. The molecule has 84 valence electrons. The molecule has 3 nitrogen and oxygen atoms in total. The minimum Gasteiger partial charge on any atom is -0.371 e. The molecule has 0 aromatic rings. The van der Waals surface area contributed by atoms with Crippen LogP contribution in [0.1, 0.15) is 32.1 Å². The van der Waals surface area contributed by atoms with Crippen LogP contribution in [0.15, 0.2) is 12.7 Å². The van der Waals surface area contributed by atoms with E-state index in [1.165, 1.54) is 25.3 Å². The maximum Gasteiger partial charge on any atom is 0.246 e. The lowest BCUT2D eigenvalue weighted by atomic mass is 9.83. The molecule has 1 saturated carbocycles. The van der Waals surface area contributed by atoms with Crippen LogP contribution >= 0.6 is 0 Å². The van der Waals surface area contributed by atoms with Crippen LogP contribution in [-0.2, 0) is 9.53 Å². The number of amides is 1. The molecule has 15 heavy (non-hydrogen) atoms. The van der Waals surface area contributed by atoms with Gasteiger partial charge in [0.25, 0.3) is 0 Å². The van der Waals surface area contributed by atoms with E-state index < -0.39 is 0 Å². The zero-order valence-electron chi connectivity index (χ0n) is 9.21. The Balaban J connectivity index is 2.02. The van der Waals surface area contributed by atoms with Crippen molar-refractivity contribution in [1.29, 1.82) is 0 Å². The number of rotatable bonds is 1. The van der Waals surface area contributed by atoms with Crippen LogP contribution < -0.4 is 0 Å². The first-order chi connectivity index (χ1) is 7.26. The number of ether oxygens (including phenoxy) is 1. The second-order valence-electron chi connectivity index (χ2n) is 4.56. The molecule has 1 spiro atoms. The Labute approximate surface area is 91.1 Å². The van der Waals surface area contributed by atoms with Gasteiger partial charge in [0, 0.05) is 6.54 Å². The molecule has 2 rings (SSSR count). The van der Waals surface area contributed by atoms with Crippen LogP contribution in [0.4, 0.5) is 0 Å². The number of nitrogens with zero attached hydrogens (tertiary/aromatic N) is 1. The summed E-state index contributed by atoms with van der Waals surface area (Å²) in [5, 5.41) is 0. The lowest BCUT2D eigenvalue weighted by Crippen LogP contribution is -2.54. The van der Waals surface area contributed by atoms with E-state index in [1.807, 2.05) is 4.90 Å². The van der Waals surface area contributed by atoms with E-state index >= 15 is 0 Å². The maximum absolute atomic E-state index is 11.5. The summed E-state index contributed by atoms with van der Waals surface area (Å²) in [6.45, 7) is 5.69. The first-order valence-electron chi connectivity index (χ1n) is 5.81. The number of morpholine rings is 1. The van der Waals surface area contributed by atoms with Crippen molar-refractivity contribution in [2.24, 2.45) is 0 Å². The lowest BCUT2D eigenvalue weighted by molar-refractivity contribution is -0.152. The predicted octanol–water partition coefficient (Wildman–Crippen LogP) is 1.73. The normalized spacial score (nSPS) is 25.2. The average molecular weight is 209 g/mol. The van der Waals surface area contributed by atoms with Crippen molar-refractivity contribution in [3.63, 3.8) is 0 Å². The molecule has 0 unspecified atom stereocenters. The fourth-order valence-electron chi connectivity index (χ4n) is 2.66. The molecular weight excluding hydrogens is 190 g/mol. The van der Waals surface area contributed by atoms with E-state index in [0.717, 1.165) is 19.4 Å².